The van der Waals surface area contributed by atoms with Crippen LogP contribution in [0.25, 0.3) is 32.7 Å². The van der Waals surface area contributed by atoms with E-state index in [-0.39, 0.29) is 12.6 Å². The van der Waals surface area contributed by atoms with Crippen molar-refractivity contribution < 1.29 is 9.84 Å². The van der Waals surface area contributed by atoms with Gasteiger partial charge in [-0.15, -0.1) is 11.3 Å². The minimum Gasteiger partial charge on any atom is -0.391 e. The predicted octanol–water partition coefficient (Wildman–Crippen LogP) is 3.77. The summed E-state index contributed by atoms with van der Waals surface area (Å²) in [4.78, 5) is 14.1. The van der Waals surface area contributed by atoms with Gasteiger partial charge in [-0.1, -0.05) is 0 Å². The number of thiophene rings is 1. The van der Waals surface area contributed by atoms with Crippen LogP contribution in [-0.4, -0.2) is 51.1 Å². The van der Waals surface area contributed by atoms with E-state index in [1.54, 1.807) is 17.5 Å². The van der Waals surface area contributed by atoms with Crippen molar-refractivity contribution in [2.45, 2.75) is 26.5 Å². The average Bonchev–Trinajstić information content (AvgIpc) is 3.46. The molecule has 1 atom stereocenters. The summed E-state index contributed by atoms with van der Waals surface area (Å²) in [6.07, 6.45) is 3.62. The van der Waals surface area contributed by atoms with Crippen LogP contribution in [0.2, 0.25) is 0 Å². The van der Waals surface area contributed by atoms with Crippen LogP contribution in [0, 0.1) is 6.92 Å². The molecule has 0 aromatic carbocycles. The van der Waals surface area contributed by atoms with Gasteiger partial charge >= 0.3 is 0 Å². The van der Waals surface area contributed by atoms with Crippen molar-refractivity contribution >= 4 is 28.1 Å². The van der Waals surface area contributed by atoms with Gasteiger partial charge in [0.1, 0.15) is 17.0 Å². The van der Waals surface area contributed by atoms with Gasteiger partial charge in [0.15, 0.2) is 0 Å². The van der Waals surface area contributed by atoms with Crippen LogP contribution in [0.4, 0.5) is 5.82 Å². The first-order chi connectivity index (χ1) is 14.7. The summed E-state index contributed by atoms with van der Waals surface area (Å²) in [5.41, 5.74) is 4.66. The topological polar surface area (TPSA) is 87.2 Å². The smallest absolute Gasteiger partial charge is 0.130 e. The summed E-state index contributed by atoms with van der Waals surface area (Å²) in [6.45, 7) is 6.43. The number of aliphatic hydroxyl groups excluding tert-OH is 1. The molecule has 1 fully saturated rings. The molecule has 30 heavy (non-hydrogen) atoms. The Labute approximate surface area is 178 Å². The molecule has 0 radical (unpaired) electrons. The number of aryl methyl sites for hydroxylation is 1. The van der Waals surface area contributed by atoms with Gasteiger partial charge in [0.05, 0.1) is 31.6 Å². The fourth-order valence-electron chi connectivity index (χ4n) is 3.99. The lowest BCUT2D eigenvalue weighted by Gasteiger charge is -2.34. The van der Waals surface area contributed by atoms with E-state index in [2.05, 4.69) is 41.1 Å². The highest BCUT2D eigenvalue weighted by Gasteiger charge is 2.24. The average molecular weight is 422 g/mol. The minimum absolute atomic E-state index is 0.0426. The van der Waals surface area contributed by atoms with Gasteiger partial charge in [0.2, 0.25) is 0 Å². The third-order valence-electron chi connectivity index (χ3n) is 5.51. The zero-order chi connectivity index (χ0) is 20.7. The highest BCUT2D eigenvalue weighted by molar-refractivity contribution is 7.15. The molecule has 4 aromatic heterocycles. The van der Waals surface area contributed by atoms with Crippen LogP contribution in [0.15, 0.2) is 36.7 Å². The third kappa shape index (κ3) is 3.27. The Bertz CT molecular complexity index is 1190. The lowest BCUT2D eigenvalue weighted by Crippen LogP contribution is -2.44. The molecule has 5 heterocycles. The Morgan fingerprint density at radius 2 is 2.23 bits per heavy atom. The molecule has 1 aliphatic heterocycles. The molecule has 0 spiro atoms. The molecule has 0 aliphatic carbocycles. The molecule has 0 amide bonds. The number of pyridine rings is 2. The van der Waals surface area contributed by atoms with Gasteiger partial charge in [-0.05, 0) is 43.7 Å². The Kier molecular flexibility index (Phi) is 4.98. The van der Waals surface area contributed by atoms with E-state index in [4.69, 9.17) is 14.7 Å². The standard InChI is InChI=1S/C22H23N5O2S/c1-13-10-23-21(17-5-6-24-26-17)22-20(13)16(18-4-3-15(11-28)30-18)9-19(25-22)27-7-8-29-12-14(27)2/h3-6,9-10,14,28H,7-8,11-12H2,1-2H3,(H,24,26)/t14-/m1/s1. The number of ether oxygens (including phenoxy) is 1. The largest absolute Gasteiger partial charge is 0.391 e. The number of morpholine rings is 1. The maximum Gasteiger partial charge on any atom is 0.130 e. The highest BCUT2D eigenvalue weighted by Crippen LogP contribution is 2.39. The lowest BCUT2D eigenvalue weighted by molar-refractivity contribution is 0.0986. The molecule has 0 saturated carbocycles. The summed E-state index contributed by atoms with van der Waals surface area (Å²) < 4.78 is 5.63. The molecule has 1 saturated heterocycles. The molecule has 4 aromatic rings. The Balaban J connectivity index is 1.80. The second kappa shape index (κ2) is 7.79. The van der Waals surface area contributed by atoms with Crippen LogP contribution in [0.5, 0.6) is 0 Å². The molecule has 0 bridgehead atoms. The maximum absolute atomic E-state index is 9.58. The summed E-state index contributed by atoms with van der Waals surface area (Å²) in [5.74, 6) is 0.917. The van der Waals surface area contributed by atoms with E-state index in [0.717, 1.165) is 55.5 Å². The SMILES string of the molecule is Cc1cnc(-c2ccn[nH]2)c2nc(N3CCOC[C@H]3C)cc(-c3ccc(CO)s3)c12. The summed E-state index contributed by atoms with van der Waals surface area (Å²) >= 11 is 1.61. The van der Waals surface area contributed by atoms with Crippen molar-refractivity contribution in [3.63, 3.8) is 0 Å². The number of nitrogens with one attached hydrogen (secondary N) is 1. The molecule has 5 rings (SSSR count). The highest BCUT2D eigenvalue weighted by atomic mass is 32.1. The van der Waals surface area contributed by atoms with E-state index in [1.807, 2.05) is 18.3 Å². The molecule has 8 heteroatoms. The number of rotatable bonds is 4. The number of aliphatic hydroxyl groups is 1. The summed E-state index contributed by atoms with van der Waals surface area (Å²) in [5, 5.41) is 17.8. The van der Waals surface area contributed by atoms with Crippen molar-refractivity contribution in [3.8, 4) is 21.8 Å². The number of hydrogen-bond acceptors (Lipinski definition) is 7. The maximum atomic E-state index is 9.58. The van der Waals surface area contributed by atoms with Gasteiger partial charge in [0, 0.05) is 39.6 Å². The molecule has 2 N–H and O–H groups in total. The fraction of sp³-hybridized carbons (Fsp3) is 0.318. The lowest BCUT2D eigenvalue weighted by atomic mass is 10.0. The van der Waals surface area contributed by atoms with Gasteiger partial charge < -0.3 is 14.7 Å². The van der Waals surface area contributed by atoms with Gasteiger partial charge in [0.25, 0.3) is 0 Å². The number of fused-ring (bicyclic) bond motifs is 1. The van der Waals surface area contributed by atoms with Gasteiger partial charge in [-0.3, -0.25) is 10.1 Å². The molecule has 1 aliphatic rings. The molecular weight excluding hydrogens is 398 g/mol. The molecule has 7 nitrogen and oxygen atoms in total. The quantitative estimate of drug-likeness (QED) is 0.522. The Hall–Kier alpha value is -2.81. The zero-order valence-corrected chi connectivity index (χ0v) is 17.7. The second-order valence-electron chi connectivity index (χ2n) is 7.55. The fourth-order valence-corrected chi connectivity index (χ4v) is 4.88. The van der Waals surface area contributed by atoms with Crippen LogP contribution in [0.1, 0.15) is 17.4 Å². The zero-order valence-electron chi connectivity index (χ0n) is 16.9. The van der Waals surface area contributed by atoms with Crippen molar-refractivity contribution in [2.24, 2.45) is 0 Å². The molecular formula is C22H23N5O2S. The van der Waals surface area contributed by atoms with Crippen molar-refractivity contribution in [1.82, 2.24) is 20.2 Å². The summed E-state index contributed by atoms with van der Waals surface area (Å²) in [7, 11) is 0. The van der Waals surface area contributed by atoms with Gasteiger partial charge in [-0.2, -0.15) is 5.10 Å². The first-order valence-electron chi connectivity index (χ1n) is 10.00. The van der Waals surface area contributed by atoms with Crippen LogP contribution >= 0.6 is 11.3 Å². The Morgan fingerprint density at radius 1 is 1.33 bits per heavy atom. The van der Waals surface area contributed by atoms with Crippen molar-refractivity contribution in [2.75, 3.05) is 24.7 Å². The number of anilines is 1. The molecule has 0 unspecified atom stereocenters. The number of aromatic nitrogens is 4. The normalized spacial score (nSPS) is 17.0. The van der Waals surface area contributed by atoms with Crippen LogP contribution < -0.4 is 4.90 Å². The van der Waals surface area contributed by atoms with E-state index >= 15 is 0 Å². The van der Waals surface area contributed by atoms with Crippen LogP contribution in [-0.2, 0) is 11.3 Å². The summed E-state index contributed by atoms with van der Waals surface area (Å²) in [6, 6.07) is 8.38. The van der Waals surface area contributed by atoms with E-state index in [1.165, 1.54) is 0 Å². The van der Waals surface area contributed by atoms with Crippen molar-refractivity contribution in [1.29, 1.82) is 0 Å². The number of nitrogens with zero attached hydrogens (tertiary/aromatic N) is 4. The number of hydrogen-bond donors (Lipinski definition) is 2. The predicted molar refractivity (Wildman–Crippen MR) is 119 cm³/mol. The van der Waals surface area contributed by atoms with Gasteiger partial charge in [-0.25, -0.2) is 4.98 Å². The van der Waals surface area contributed by atoms with E-state index < -0.39 is 0 Å². The van der Waals surface area contributed by atoms with Crippen LogP contribution in [0.3, 0.4) is 0 Å². The first-order valence-corrected chi connectivity index (χ1v) is 10.8. The van der Waals surface area contributed by atoms with E-state index in [0.29, 0.717) is 13.2 Å². The number of H-pyrrole nitrogens is 1. The first kappa shape index (κ1) is 19.2. The number of aromatic amines is 1. The second-order valence-corrected chi connectivity index (χ2v) is 8.72. The third-order valence-corrected chi connectivity index (χ3v) is 6.62. The Morgan fingerprint density at radius 3 is 2.97 bits per heavy atom. The monoisotopic (exact) mass is 421 g/mol. The molecule has 154 valence electrons. The minimum atomic E-state index is 0.0426. The van der Waals surface area contributed by atoms with Crippen molar-refractivity contribution in [3.05, 3.63) is 47.1 Å². The van der Waals surface area contributed by atoms with E-state index in [9.17, 15) is 5.11 Å².